The van der Waals surface area contributed by atoms with Crippen molar-refractivity contribution < 1.29 is 4.39 Å². The average molecular weight is 273 g/mol. The molecule has 3 aromatic rings. The lowest BCUT2D eigenvalue weighted by molar-refractivity contribution is 0.622. The van der Waals surface area contributed by atoms with Gasteiger partial charge in [0.05, 0.1) is 18.6 Å². The molecule has 3 aromatic heterocycles. The number of hydrogen-bond acceptors (Lipinski definition) is 2. The minimum atomic E-state index is -0.462. The van der Waals surface area contributed by atoms with Gasteiger partial charge in [-0.3, -0.25) is 0 Å². The molecule has 92 valence electrons. The van der Waals surface area contributed by atoms with Gasteiger partial charge in [-0.1, -0.05) is 18.2 Å². The van der Waals surface area contributed by atoms with Gasteiger partial charge in [0.15, 0.2) is 0 Å². The summed E-state index contributed by atoms with van der Waals surface area (Å²) in [5.74, 6) is -0.0761. The van der Waals surface area contributed by atoms with E-state index in [4.69, 9.17) is 18.2 Å². The van der Waals surface area contributed by atoms with Crippen LogP contribution in [0.15, 0.2) is 36.8 Å². The molecule has 0 atom stereocenters. The third-order valence-electron chi connectivity index (χ3n) is 2.72. The molecule has 0 saturated heterocycles. The molecular formula is C13H6ClFN4. The monoisotopic (exact) mass is 272 g/mol. The van der Waals surface area contributed by atoms with Crippen molar-refractivity contribution >= 4 is 23.1 Å². The summed E-state index contributed by atoms with van der Waals surface area (Å²) in [5, 5.41) is 0.213. The van der Waals surface area contributed by atoms with E-state index in [1.54, 1.807) is 22.7 Å². The molecule has 6 heteroatoms. The fourth-order valence-electron chi connectivity index (χ4n) is 1.83. The first-order valence-corrected chi connectivity index (χ1v) is 5.73. The molecule has 3 heterocycles. The molecule has 0 aromatic carbocycles. The van der Waals surface area contributed by atoms with Gasteiger partial charge in [0.1, 0.15) is 11.0 Å². The second kappa shape index (κ2) is 4.34. The van der Waals surface area contributed by atoms with Crippen LogP contribution in [0.2, 0.25) is 5.15 Å². The summed E-state index contributed by atoms with van der Waals surface area (Å²) in [5.41, 5.74) is 1.80. The molecule has 0 aliphatic rings. The van der Waals surface area contributed by atoms with E-state index in [0.717, 1.165) is 6.20 Å². The van der Waals surface area contributed by atoms with Gasteiger partial charge in [-0.25, -0.2) is 18.8 Å². The van der Waals surface area contributed by atoms with Crippen LogP contribution < -0.4 is 0 Å². The van der Waals surface area contributed by atoms with E-state index in [2.05, 4.69) is 14.8 Å². The Morgan fingerprint density at radius 2 is 2.11 bits per heavy atom. The van der Waals surface area contributed by atoms with E-state index in [0.29, 0.717) is 22.6 Å². The zero-order valence-electron chi connectivity index (χ0n) is 9.51. The molecule has 0 fully saturated rings. The van der Waals surface area contributed by atoms with Gasteiger partial charge in [-0.2, -0.15) is 0 Å². The normalized spacial score (nSPS) is 10.6. The molecule has 3 rings (SSSR count). The Morgan fingerprint density at radius 3 is 2.89 bits per heavy atom. The summed E-state index contributed by atoms with van der Waals surface area (Å²) in [6.07, 6.45) is 4.24. The van der Waals surface area contributed by atoms with Crippen LogP contribution >= 0.6 is 11.6 Å². The van der Waals surface area contributed by atoms with Crippen LogP contribution in [-0.4, -0.2) is 14.4 Å². The van der Waals surface area contributed by atoms with Crippen molar-refractivity contribution in [3.63, 3.8) is 0 Å². The summed E-state index contributed by atoms with van der Waals surface area (Å²) in [6.45, 7) is 7.06. The lowest BCUT2D eigenvalue weighted by atomic mass is 10.1. The quantitative estimate of drug-likeness (QED) is 0.500. The van der Waals surface area contributed by atoms with Crippen molar-refractivity contribution in [1.29, 1.82) is 0 Å². The summed E-state index contributed by atoms with van der Waals surface area (Å²) >= 11 is 5.97. The predicted molar refractivity (Wildman–Crippen MR) is 69.7 cm³/mol. The Labute approximate surface area is 112 Å². The number of rotatable bonds is 1. The van der Waals surface area contributed by atoms with E-state index >= 15 is 0 Å². The molecule has 0 spiro atoms. The van der Waals surface area contributed by atoms with Crippen molar-refractivity contribution in [2.75, 3.05) is 0 Å². The average Bonchev–Trinajstić information content (AvgIpc) is 2.83. The minimum absolute atomic E-state index is 0.213. The largest absolute Gasteiger partial charge is 0.362 e. The van der Waals surface area contributed by atoms with Gasteiger partial charge < -0.3 is 4.85 Å². The van der Waals surface area contributed by atoms with Crippen LogP contribution in [0.1, 0.15) is 0 Å². The highest BCUT2D eigenvalue weighted by Gasteiger charge is 2.11. The maximum atomic E-state index is 13.2. The van der Waals surface area contributed by atoms with E-state index in [1.807, 2.05) is 0 Å². The third kappa shape index (κ3) is 1.92. The molecular weight excluding hydrogens is 267 g/mol. The molecule has 0 amide bonds. The lowest BCUT2D eigenvalue weighted by Crippen LogP contribution is -1.90. The molecule has 0 unspecified atom stereocenters. The Morgan fingerprint density at radius 1 is 1.26 bits per heavy atom. The lowest BCUT2D eigenvalue weighted by Gasteiger charge is -2.03. The number of halogens is 2. The van der Waals surface area contributed by atoms with E-state index in [-0.39, 0.29) is 5.15 Å². The summed E-state index contributed by atoms with van der Waals surface area (Å²) in [4.78, 5) is 11.2. The highest BCUT2D eigenvalue weighted by Crippen LogP contribution is 2.28. The first kappa shape index (κ1) is 11.6. The Balaban J connectivity index is 2.25. The summed E-state index contributed by atoms with van der Waals surface area (Å²) in [7, 11) is 0. The Kier molecular flexibility index (Phi) is 2.65. The van der Waals surface area contributed by atoms with E-state index < -0.39 is 5.82 Å². The van der Waals surface area contributed by atoms with Crippen LogP contribution in [0.3, 0.4) is 0 Å². The molecule has 4 nitrogen and oxygen atoms in total. The number of pyridine rings is 2. The highest BCUT2D eigenvalue weighted by molar-refractivity contribution is 6.32. The van der Waals surface area contributed by atoms with Crippen LogP contribution in [0.4, 0.5) is 10.2 Å². The van der Waals surface area contributed by atoms with Gasteiger partial charge in [0.25, 0.3) is 5.82 Å². The first-order chi connectivity index (χ1) is 9.19. The van der Waals surface area contributed by atoms with Gasteiger partial charge in [0, 0.05) is 17.2 Å². The van der Waals surface area contributed by atoms with E-state index in [9.17, 15) is 4.39 Å². The Bertz CT molecular complexity index is 819. The molecule has 0 aliphatic carbocycles. The van der Waals surface area contributed by atoms with Crippen molar-refractivity contribution in [2.24, 2.45) is 0 Å². The van der Waals surface area contributed by atoms with Crippen LogP contribution in [0.5, 0.6) is 0 Å². The van der Waals surface area contributed by atoms with Gasteiger partial charge >= 0.3 is 0 Å². The standard InChI is InChI=1S/C13H6ClFN4/c1-16-12-6-17-11-3-2-8(7-19(11)12)10-4-9(15)5-18-13(10)14/h2-7H. The van der Waals surface area contributed by atoms with Crippen LogP contribution in [-0.2, 0) is 0 Å². The number of nitrogens with zero attached hydrogens (tertiary/aromatic N) is 4. The third-order valence-corrected chi connectivity index (χ3v) is 3.02. The van der Waals surface area contributed by atoms with Crippen molar-refractivity contribution in [3.05, 3.63) is 59.2 Å². The van der Waals surface area contributed by atoms with Crippen molar-refractivity contribution in [3.8, 4) is 11.1 Å². The maximum absolute atomic E-state index is 13.2. The highest BCUT2D eigenvalue weighted by atomic mass is 35.5. The SMILES string of the molecule is [C-]#[N+]c1cnc2ccc(-c3cc(F)cnc3Cl)cn12. The fraction of sp³-hybridized carbons (Fsp3) is 0. The van der Waals surface area contributed by atoms with Gasteiger partial charge in [-0.15, -0.1) is 0 Å². The second-order valence-electron chi connectivity index (χ2n) is 3.87. The van der Waals surface area contributed by atoms with Crippen molar-refractivity contribution in [2.45, 2.75) is 0 Å². The first-order valence-electron chi connectivity index (χ1n) is 5.35. The topological polar surface area (TPSA) is 34.5 Å². The van der Waals surface area contributed by atoms with Gasteiger partial charge in [0.2, 0.25) is 5.65 Å². The van der Waals surface area contributed by atoms with E-state index in [1.165, 1.54) is 12.3 Å². The van der Waals surface area contributed by atoms with Crippen molar-refractivity contribution in [1.82, 2.24) is 14.4 Å². The number of fused-ring (bicyclic) bond motifs is 1. The number of aromatic nitrogens is 3. The smallest absolute Gasteiger partial charge is 0.254 e. The second-order valence-corrected chi connectivity index (χ2v) is 4.22. The summed E-state index contributed by atoms with van der Waals surface area (Å²) in [6, 6.07) is 4.81. The zero-order chi connectivity index (χ0) is 13.4. The molecule has 0 aliphatic heterocycles. The maximum Gasteiger partial charge on any atom is 0.254 e. The van der Waals surface area contributed by atoms with Crippen LogP contribution in [0, 0.1) is 12.4 Å². The fourth-order valence-corrected chi connectivity index (χ4v) is 2.05. The molecule has 19 heavy (non-hydrogen) atoms. The number of imidazole rings is 1. The number of hydrogen-bond donors (Lipinski definition) is 0. The summed E-state index contributed by atoms with van der Waals surface area (Å²) < 4.78 is 14.9. The molecule has 0 N–H and O–H groups in total. The predicted octanol–water partition coefficient (Wildman–Crippen LogP) is 3.74. The molecule has 0 saturated carbocycles. The molecule has 0 bridgehead atoms. The Hall–Kier alpha value is -2.45. The van der Waals surface area contributed by atoms with Gasteiger partial charge in [-0.05, 0) is 12.1 Å². The minimum Gasteiger partial charge on any atom is -0.362 e. The zero-order valence-corrected chi connectivity index (χ0v) is 10.3. The van der Waals surface area contributed by atoms with Crippen LogP contribution in [0.25, 0.3) is 21.6 Å². The molecule has 0 radical (unpaired) electrons.